The molecule has 18 heavy (non-hydrogen) atoms. The molecule has 1 aromatic heterocycles. The third-order valence-corrected chi connectivity index (χ3v) is 2.88. The Balaban J connectivity index is 2.31. The van der Waals surface area contributed by atoms with Crippen molar-refractivity contribution in [1.29, 1.82) is 0 Å². The summed E-state index contributed by atoms with van der Waals surface area (Å²) < 4.78 is 18.0. The van der Waals surface area contributed by atoms with Gasteiger partial charge in [-0.3, -0.25) is 0 Å². The fourth-order valence-electron chi connectivity index (χ4n) is 1.70. The van der Waals surface area contributed by atoms with E-state index in [1.807, 2.05) is 20.8 Å². The van der Waals surface area contributed by atoms with Gasteiger partial charge in [-0.1, -0.05) is 17.3 Å². The first-order chi connectivity index (χ1) is 8.54. The van der Waals surface area contributed by atoms with Crippen LogP contribution in [-0.2, 0) is 5.41 Å². The van der Waals surface area contributed by atoms with E-state index >= 15 is 0 Å². The van der Waals surface area contributed by atoms with Crippen LogP contribution >= 0.6 is 0 Å². The van der Waals surface area contributed by atoms with Gasteiger partial charge in [0.1, 0.15) is 5.82 Å². The molecule has 1 heterocycles. The van der Waals surface area contributed by atoms with Gasteiger partial charge in [0.05, 0.1) is 5.41 Å². The predicted octanol–water partition coefficient (Wildman–Crippen LogP) is 2.97. The minimum Gasteiger partial charge on any atom is -0.338 e. The van der Waals surface area contributed by atoms with Crippen LogP contribution in [0, 0.1) is 5.82 Å². The average molecular weight is 249 g/mol. The molecule has 0 atom stereocenters. The summed E-state index contributed by atoms with van der Waals surface area (Å²) in [5.41, 5.74) is 0.512. The van der Waals surface area contributed by atoms with Gasteiger partial charge in [0.25, 0.3) is 0 Å². The molecule has 1 N–H and O–H groups in total. The second-order valence-corrected chi connectivity index (χ2v) is 4.59. The molecule has 0 aliphatic heterocycles. The predicted molar refractivity (Wildman–Crippen MR) is 67.0 cm³/mol. The Kier molecular flexibility index (Phi) is 3.32. The smallest absolute Gasteiger partial charge is 0.321 e. The summed E-state index contributed by atoms with van der Waals surface area (Å²) in [6.45, 7) is 6.62. The van der Waals surface area contributed by atoms with E-state index in [0.29, 0.717) is 11.8 Å². The lowest BCUT2D eigenvalue weighted by atomic mass is 9.84. The van der Waals surface area contributed by atoms with E-state index in [4.69, 9.17) is 4.52 Å². The Hall–Kier alpha value is -1.91. The zero-order valence-corrected chi connectivity index (χ0v) is 10.7. The van der Waals surface area contributed by atoms with Crippen molar-refractivity contribution >= 4 is 6.01 Å². The van der Waals surface area contributed by atoms with Crippen molar-refractivity contribution in [2.75, 3.05) is 11.9 Å². The quantitative estimate of drug-likeness (QED) is 0.905. The van der Waals surface area contributed by atoms with Gasteiger partial charge < -0.3 is 9.84 Å². The van der Waals surface area contributed by atoms with Crippen LogP contribution in [-0.4, -0.2) is 16.7 Å². The third-order valence-electron chi connectivity index (χ3n) is 2.88. The number of hydrogen-bond donors (Lipinski definition) is 1. The van der Waals surface area contributed by atoms with Crippen LogP contribution < -0.4 is 5.32 Å². The molecule has 96 valence electrons. The number of nitrogens with zero attached hydrogens (tertiary/aromatic N) is 2. The number of aromatic nitrogens is 2. The first kappa shape index (κ1) is 12.5. The number of halogens is 1. The van der Waals surface area contributed by atoms with Crippen LogP contribution in [0.25, 0.3) is 0 Å². The highest BCUT2D eigenvalue weighted by Crippen LogP contribution is 2.29. The monoisotopic (exact) mass is 249 g/mol. The van der Waals surface area contributed by atoms with Gasteiger partial charge in [0.15, 0.2) is 5.82 Å². The lowest BCUT2D eigenvalue weighted by molar-refractivity contribution is 0.408. The van der Waals surface area contributed by atoms with E-state index in [9.17, 15) is 4.39 Å². The standard InChI is InChI=1S/C13H16FN3O/c1-4-15-12-16-11(17-18-12)13(2,3)9-5-7-10(14)8-6-9/h5-8H,4H2,1-3H3,(H,15,16,17). The van der Waals surface area contributed by atoms with Crippen LogP contribution in [0.4, 0.5) is 10.4 Å². The van der Waals surface area contributed by atoms with E-state index in [2.05, 4.69) is 15.5 Å². The zero-order valence-electron chi connectivity index (χ0n) is 10.7. The molecule has 0 spiro atoms. The molecule has 0 unspecified atom stereocenters. The molecule has 0 bridgehead atoms. The number of anilines is 1. The lowest BCUT2D eigenvalue weighted by Gasteiger charge is -2.20. The molecule has 1 aromatic carbocycles. The normalized spacial score (nSPS) is 11.6. The molecule has 2 aromatic rings. The Morgan fingerprint density at radius 1 is 1.28 bits per heavy atom. The number of benzene rings is 1. The minimum absolute atomic E-state index is 0.254. The van der Waals surface area contributed by atoms with Gasteiger partial charge in [-0.25, -0.2) is 4.39 Å². The first-order valence-corrected chi connectivity index (χ1v) is 5.88. The highest BCUT2D eigenvalue weighted by atomic mass is 19.1. The Morgan fingerprint density at radius 3 is 2.56 bits per heavy atom. The largest absolute Gasteiger partial charge is 0.338 e. The molecule has 0 saturated heterocycles. The van der Waals surface area contributed by atoms with Gasteiger partial charge >= 0.3 is 6.01 Å². The van der Waals surface area contributed by atoms with Gasteiger partial charge in [0.2, 0.25) is 0 Å². The van der Waals surface area contributed by atoms with Crippen LogP contribution in [0.2, 0.25) is 0 Å². The third kappa shape index (κ3) is 2.34. The fraction of sp³-hybridized carbons (Fsp3) is 0.385. The SMILES string of the molecule is CCNc1nc(C(C)(C)c2ccc(F)cc2)no1. The van der Waals surface area contributed by atoms with Crippen molar-refractivity contribution in [1.82, 2.24) is 10.1 Å². The van der Waals surface area contributed by atoms with Crippen molar-refractivity contribution in [3.63, 3.8) is 0 Å². The second kappa shape index (κ2) is 4.76. The molecule has 0 radical (unpaired) electrons. The van der Waals surface area contributed by atoms with Gasteiger partial charge in [-0.15, -0.1) is 0 Å². The molecule has 0 amide bonds. The Bertz CT molecular complexity index is 519. The van der Waals surface area contributed by atoms with Gasteiger partial charge in [-0.2, -0.15) is 4.98 Å². The maximum absolute atomic E-state index is 12.9. The summed E-state index contributed by atoms with van der Waals surface area (Å²) in [6, 6.07) is 6.74. The maximum Gasteiger partial charge on any atom is 0.321 e. The summed E-state index contributed by atoms with van der Waals surface area (Å²) in [4.78, 5) is 4.29. The summed E-state index contributed by atoms with van der Waals surface area (Å²) in [5, 5.41) is 6.92. The van der Waals surface area contributed by atoms with E-state index < -0.39 is 5.41 Å². The molecule has 0 saturated carbocycles. The van der Waals surface area contributed by atoms with Crippen LogP contribution in [0.3, 0.4) is 0 Å². The van der Waals surface area contributed by atoms with Crippen LogP contribution in [0.15, 0.2) is 28.8 Å². The van der Waals surface area contributed by atoms with Crippen molar-refractivity contribution < 1.29 is 8.91 Å². The van der Waals surface area contributed by atoms with Crippen LogP contribution in [0.5, 0.6) is 0 Å². The topological polar surface area (TPSA) is 51.0 Å². The van der Waals surface area contributed by atoms with E-state index in [1.165, 1.54) is 12.1 Å². The van der Waals surface area contributed by atoms with Crippen molar-refractivity contribution in [3.05, 3.63) is 41.5 Å². The van der Waals surface area contributed by atoms with Crippen molar-refractivity contribution in [2.45, 2.75) is 26.2 Å². The van der Waals surface area contributed by atoms with Gasteiger partial charge in [0, 0.05) is 6.54 Å². The molecule has 5 heteroatoms. The molecule has 0 aliphatic rings. The Labute approximate surface area is 105 Å². The molecule has 0 aliphatic carbocycles. The highest BCUT2D eigenvalue weighted by molar-refractivity contribution is 5.32. The average Bonchev–Trinajstić information content (AvgIpc) is 2.79. The molecular weight excluding hydrogens is 233 g/mol. The summed E-state index contributed by atoms with van der Waals surface area (Å²) >= 11 is 0. The lowest BCUT2D eigenvalue weighted by Crippen LogP contribution is -2.20. The van der Waals surface area contributed by atoms with Crippen molar-refractivity contribution in [3.8, 4) is 0 Å². The molecule has 4 nitrogen and oxygen atoms in total. The highest BCUT2D eigenvalue weighted by Gasteiger charge is 2.28. The number of hydrogen-bond acceptors (Lipinski definition) is 4. The minimum atomic E-state index is -0.426. The van der Waals surface area contributed by atoms with Crippen LogP contribution in [0.1, 0.15) is 32.2 Å². The maximum atomic E-state index is 12.9. The summed E-state index contributed by atoms with van der Waals surface area (Å²) in [6.07, 6.45) is 0. The number of rotatable bonds is 4. The second-order valence-electron chi connectivity index (χ2n) is 4.59. The van der Waals surface area contributed by atoms with E-state index in [1.54, 1.807) is 12.1 Å². The molecule has 0 fully saturated rings. The van der Waals surface area contributed by atoms with E-state index in [-0.39, 0.29) is 5.82 Å². The Morgan fingerprint density at radius 2 is 1.94 bits per heavy atom. The molecule has 2 rings (SSSR count). The summed E-state index contributed by atoms with van der Waals surface area (Å²) in [7, 11) is 0. The first-order valence-electron chi connectivity index (χ1n) is 5.88. The van der Waals surface area contributed by atoms with Crippen molar-refractivity contribution in [2.24, 2.45) is 0 Å². The fourth-order valence-corrected chi connectivity index (χ4v) is 1.70. The zero-order chi connectivity index (χ0) is 13.2. The van der Waals surface area contributed by atoms with Gasteiger partial charge in [-0.05, 0) is 38.5 Å². The van der Waals surface area contributed by atoms with E-state index in [0.717, 1.165) is 12.1 Å². The summed E-state index contributed by atoms with van der Waals surface area (Å²) in [5.74, 6) is 0.320. The molecular formula is C13H16FN3O. The number of nitrogens with one attached hydrogen (secondary N) is 1.